The molecule has 0 atom stereocenters. The summed E-state index contributed by atoms with van der Waals surface area (Å²) in [6, 6.07) is 5.13. The average molecular weight is 255 g/mol. The maximum atomic E-state index is 13.4. The zero-order chi connectivity index (χ0) is 13.4. The van der Waals surface area contributed by atoms with E-state index in [0.717, 1.165) is 5.56 Å². The summed E-state index contributed by atoms with van der Waals surface area (Å²) in [4.78, 5) is 0. The van der Waals surface area contributed by atoms with E-state index >= 15 is 0 Å². The van der Waals surface area contributed by atoms with Gasteiger partial charge in [-0.05, 0) is 24.6 Å². The molecule has 4 heteroatoms. The van der Waals surface area contributed by atoms with Crippen LogP contribution >= 0.6 is 0 Å². The van der Waals surface area contributed by atoms with Gasteiger partial charge in [0.2, 0.25) is 0 Å². The summed E-state index contributed by atoms with van der Waals surface area (Å²) in [5.41, 5.74) is 0.884. The molecule has 1 aromatic rings. The molecule has 3 nitrogen and oxygen atoms in total. The van der Waals surface area contributed by atoms with Crippen LogP contribution in [0.2, 0.25) is 0 Å². The van der Waals surface area contributed by atoms with Crippen molar-refractivity contribution in [3.8, 4) is 5.75 Å². The van der Waals surface area contributed by atoms with E-state index in [0.29, 0.717) is 38.2 Å². The highest BCUT2D eigenvalue weighted by molar-refractivity contribution is 5.29. The summed E-state index contributed by atoms with van der Waals surface area (Å²) in [7, 11) is 0. The minimum atomic E-state index is -0.274. The lowest BCUT2D eigenvalue weighted by Crippen LogP contribution is -2.21. The molecular formula is C14H22FNO2. The molecule has 0 bridgehead atoms. The Bertz CT molecular complexity index is 356. The van der Waals surface area contributed by atoms with Crippen LogP contribution in [0.4, 0.5) is 4.39 Å². The fourth-order valence-corrected chi connectivity index (χ4v) is 1.49. The smallest absolute Gasteiger partial charge is 0.127 e. The van der Waals surface area contributed by atoms with Crippen LogP contribution in [0.15, 0.2) is 18.2 Å². The van der Waals surface area contributed by atoms with E-state index in [2.05, 4.69) is 19.2 Å². The molecule has 0 aliphatic heterocycles. The number of hydrogen-bond acceptors (Lipinski definition) is 3. The molecule has 0 saturated heterocycles. The maximum absolute atomic E-state index is 13.4. The van der Waals surface area contributed by atoms with Gasteiger partial charge in [-0.3, -0.25) is 0 Å². The van der Waals surface area contributed by atoms with Crippen molar-refractivity contribution in [1.29, 1.82) is 0 Å². The van der Waals surface area contributed by atoms with E-state index in [1.807, 2.05) is 13.0 Å². The Labute approximate surface area is 108 Å². The fraction of sp³-hybridized carbons (Fsp3) is 0.571. The molecule has 1 rings (SSSR count). The van der Waals surface area contributed by atoms with E-state index in [1.165, 1.54) is 12.1 Å². The van der Waals surface area contributed by atoms with E-state index in [-0.39, 0.29) is 5.82 Å². The molecule has 0 fully saturated rings. The molecule has 1 N–H and O–H groups in total. The predicted octanol–water partition coefficient (Wildman–Crippen LogP) is 2.74. The van der Waals surface area contributed by atoms with Gasteiger partial charge in [-0.2, -0.15) is 0 Å². The van der Waals surface area contributed by atoms with Gasteiger partial charge in [-0.15, -0.1) is 0 Å². The first-order chi connectivity index (χ1) is 8.61. The average Bonchev–Trinajstić information content (AvgIpc) is 2.32. The van der Waals surface area contributed by atoms with Crippen molar-refractivity contribution in [3.05, 3.63) is 29.6 Å². The Morgan fingerprint density at radius 2 is 2.00 bits per heavy atom. The Hall–Kier alpha value is -1.13. The molecule has 0 unspecified atom stereocenters. The van der Waals surface area contributed by atoms with E-state index in [1.54, 1.807) is 0 Å². The predicted molar refractivity (Wildman–Crippen MR) is 70.4 cm³/mol. The summed E-state index contributed by atoms with van der Waals surface area (Å²) in [5, 5.41) is 3.25. The Morgan fingerprint density at radius 1 is 1.22 bits per heavy atom. The SMILES string of the molecule is CCOCCOc1cc(F)cc(CNC(C)C)c1. The lowest BCUT2D eigenvalue weighted by Gasteiger charge is -2.11. The molecule has 102 valence electrons. The minimum Gasteiger partial charge on any atom is -0.491 e. The van der Waals surface area contributed by atoms with Gasteiger partial charge < -0.3 is 14.8 Å². The van der Waals surface area contributed by atoms with Crippen molar-refractivity contribution in [2.45, 2.75) is 33.4 Å². The highest BCUT2D eigenvalue weighted by atomic mass is 19.1. The molecule has 0 aliphatic rings. The summed E-state index contributed by atoms with van der Waals surface area (Å²) in [5.74, 6) is 0.278. The van der Waals surface area contributed by atoms with Gasteiger partial charge in [-0.25, -0.2) is 4.39 Å². The Kier molecular flexibility index (Phi) is 6.68. The van der Waals surface area contributed by atoms with Gasteiger partial charge in [0, 0.05) is 25.3 Å². The summed E-state index contributed by atoms with van der Waals surface area (Å²) in [6.45, 7) is 8.30. The first-order valence-corrected chi connectivity index (χ1v) is 6.35. The second kappa shape index (κ2) is 8.06. The van der Waals surface area contributed by atoms with Gasteiger partial charge in [0.05, 0.1) is 6.61 Å². The van der Waals surface area contributed by atoms with Crippen LogP contribution in [0.25, 0.3) is 0 Å². The molecule has 1 aromatic carbocycles. The van der Waals surface area contributed by atoms with E-state index in [9.17, 15) is 4.39 Å². The maximum Gasteiger partial charge on any atom is 0.127 e. The third kappa shape index (κ3) is 5.98. The summed E-state index contributed by atoms with van der Waals surface area (Å²) in [6.07, 6.45) is 0. The lowest BCUT2D eigenvalue weighted by molar-refractivity contribution is 0.110. The van der Waals surface area contributed by atoms with Gasteiger partial charge in [-0.1, -0.05) is 13.8 Å². The first-order valence-electron chi connectivity index (χ1n) is 6.35. The van der Waals surface area contributed by atoms with Crippen LogP contribution in [-0.2, 0) is 11.3 Å². The van der Waals surface area contributed by atoms with Gasteiger partial charge >= 0.3 is 0 Å². The van der Waals surface area contributed by atoms with Crippen LogP contribution in [-0.4, -0.2) is 25.9 Å². The summed E-state index contributed by atoms with van der Waals surface area (Å²) >= 11 is 0. The quantitative estimate of drug-likeness (QED) is 0.725. The molecule has 0 radical (unpaired) electrons. The van der Waals surface area contributed by atoms with E-state index < -0.39 is 0 Å². The second-order valence-electron chi connectivity index (χ2n) is 4.38. The molecule has 0 aliphatic carbocycles. The van der Waals surface area contributed by atoms with Gasteiger partial charge in [0.15, 0.2) is 0 Å². The van der Waals surface area contributed by atoms with E-state index in [4.69, 9.17) is 9.47 Å². The highest BCUT2D eigenvalue weighted by Gasteiger charge is 2.03. The largest absolute Gasteiger partial charge is 0.491 e. The first kappa shape index (κ1) is 14.9. The fourth-order valence-electron chi connectivity index (χ4n) is 1.49. The third-order valence-electron chi connectivity index (χ3n) is 2.35. The molecule has 0 heterocycles. The molecule has 18 heavy (non-hydrogen) atoms. The van der Waals surface area contributed by atoms with Gasteiger partial charge in [0.25, 0.3) is 0 Å². The van der Waals surface area contributed by atoms with Crippen molar-refractivity contribution >= 4 is 0 Å². The normalized spacial score (nSPS) is 10.9. The van der Waals surface area contributed by atoms with Crippen LogP contribution in [0.5, 0.6) is 5.75 Å². The van der Waals surface area contributed by atoms with Crippen LogP contribution in [0, 0.1) is 5.82 Å². The standard InChI is InChI=1S/C14H22FNO2/c1-4-17-5-6-18-14-8-12(7-13(15)9-14)10-16-11(2)3/h7-9,11,16H,4-6,10H2,1-3H3. The molecule has 0 saturated carbocycles. The summed E-state index contributed by atoms with van der Waals surface area (Å²) < 4.78 is 24.0. The van der Waals surface area contributed by atoms with Crippen LogP contribution in [0.3, 0.4) is 0 Å². The Balaban J connectivity index is 2.51. The van der Waals surface area contributed by atoms with Crippen LogP contribution in [0.1, 0.15) is 26.3 Å². The van der Waals surface area contributed by atoms with Gasteiger partial charge in [0.1, 0.15) is 18.2 Å². The number of ether oxygens (including phenoxy) is 2. The van der Waals surface area contributed by atoms with Crippen molar-refractivity contribution in [2.75, 3.05) is 19.8 Å². The van der Waals surface area contributed by atoms with Crippen LogP contribution < -0.4 is 10.1 Å². The van der Waals surface area contributed by atoms with Crippen molar-refractivity contribution in [1.82, 2.24) is 5.32 Å². The zero-order valence-corrected chi connectivity index (χ0v) is 11.3. The number of rotatable bonds is 8. The topological polar surface area (TPSA) is 30.5 Å². The zero-order valence-electron chi connectivity index (χ0n) is 11.3. The van der Waals surface area contributed by atoms with Crippen molar-refractivity contribution < 1.29 is 13.9 Å². The minimum absolute atomic E-state index is 0.274. The highest BCUT2D eigenvalue weighted by Crippen LogP contribution is 2.16. The number of benzene rings is 1. The third-order valence-corrected chi connectivity index (χ3v) is 2.35. The molecule has 0 aromatic heterocycles. The van der Waals surface area contributed by atoms with Crippen molar-refractivity contribution in [2.24, 2.45) is 0 Å². The Morgan fingerprint density at radius 3 is 2.67 bits per heavy atom. The molecular weight excluding hydrogens is 233 g/mol. The number of nitrogens with one attached hydrogen (secondary N) is 1. The number of hydrogen-bond donors (Lipinski definition) is 1. The lowest BCUT2D eigenvalue weighted by atomic mass is 10.2. The second-order valence-corrected chi connectivity index (χ2v) is 4.38. The molecule has 0 amide bonds. The van der Waals surface area contributed by atoms with Crippen molar-refractivity contribution in [3.63, 3.8) is 0 Å². The number of halogens is 1. The molecule has 0 spiro atoms. The monoisotopic (exact) mass is 255 g/mol.